The van der Waals surface area contributed by atoms with Crippen molar-refractivity contribution >= 4 is 44.1 Å². The van der Waals surface area contributed by atoms with Crippen molar-refractivity contribution in [2.24, 2.45) is 5.10 Å². The number of carbonyl (C=O) groups excluding carboxylic acids is 1. The lowest BCUT2D eigenvalue weighted by molar-refractivity contribution is 0.0954. The highest BCUT2D eigenvalue weighted by molar-refractivity contribution is 9.10. The number of hydrogen-bond donors (Lipinski definition) is 2. The third kappa shape index (κ3) is 3.05. The number of anilines is 1. The number of amides is 1. The van der Waals surface area contributed by atoms with E-state index in [1.165, 1.54) is 11.5 Å². The molecule has 1 amide bonds. The van der Waals surface area contributed by atoms with E-state index in [0.29, 0.717) is 16.3 Å². The van der Waals surface area contributed by atoms with Gasteiger partial charge in [-0.05, 0) is 53.4 Å². The highest BCUT2D eigenvalue weighted by Gasteiger charge is 2.12. The normalized spacial score (nSPS) is 11.4. The molecule has 0 atom stereocenters. The first-order chi connectivity index (χ1) is 9.50. The molecular formula is C13H13BrN4OS. The number of hydrazone groups is 1. The number of aromatic nitrogens is 1. The second-order valence-electron chi connectivity index (χ2n) is 4.13. The molecule has 0 unspecified atom stereocenters. The number of halogens is 1. The quantitative estimate of drug-likeness (QED) is 0.658. The fourth-order valence-corrected chi connectivity index (χ4v) is 2.90. The van der Waals surface area contributed by atoms with Crippen LogP contribution in [-0.4, -0.2) is 16.0 Å². The zero-order valence-corrected chi connectivity index (χ0v) is 13.4. The first-order valence-electron chi connectivity index (χ1n) is 5.82. The van der Waals surface area contributed by atoms with Crippen LogP contribution in [0.25, 0.3) is 0 Å². The molecule has 2 rings (SSSR count). The highest BCUT2D eigenvalue weighted by Crippen LogP contribution is 2.21. The van der Waals surface area contributed by atoms with E-state index in [1.807, 2.05) is 13.0 Å². The minimum atomic E-state index is -0.281. The Bertz CT molecular complexity index is 661. The Balaban J connectivity index is 2.18. The maximum Gasteiger partial charge on any atom is 0.272 e. The van der Waals surface area contributed by atoms with E-state index in [0.717, 1.165) is 15.7 Å². The number of nitrogen functional groups attached to an aromatic ring is 1. The summed E-state index contributed by atoms with van der Waals surface area (Å²) in [4.78, 5) is 12.0. The average Bonchev–Trinajstić information content (AvgIpc) is 2.76. The Labute approximate surface area is 129 Å². The Morgan fingerprint density at radius 3 is 2.75 bits per heavy atom. The summed E-state index contributed by atoms with van der Waals surface area (Å²) < 4.78 is 4.87. The van der Waals surface area contributed by atoms with Crippen molar-refractivity contribution in [1.29, 1.82) is 0 Å². The lowest BCUT2D eigenvalue weighted by atomic mass is 10.2. The van der Waals surface area contributed by atoms with E-state index in [2.05, 4.69) is 30.8 Å². The van der Waals surface area contributed by atoms with Gasteiger partial charge in [0.25, 0.3) is 5.91 Å². The lowest BCUT2D eigenvalue weighted by Gasteiger charge is -2.04. The molecule has 20 heavy (non-hydrogen) atoms. The van der Waals surface area contributed by atoms with Gasteiger partial charge in [0, 0.05) is 4.47 Å². The SMILES string of the molecule is C/C(=N/NC(=O)c1ccccc1Br)c1c(C)nsc1N. The molecule has 104 valence electrons. The summed E-state index contributed by atoms with van der Waals surface area (Å²) in [6.45, 7) is 3.64. The molecule has 0 aliphatic carbocycles. The number of rotatable bonds is 3. The first-order valence-corrected chi connectivity index (χ1v) is 7.38. The molecule has 0 aliphatic rings. The zero-order chi connectivity index (χ0) is 14.7. The Morgan fingerprint density at radius 2 is 2.15 bits per heavy atom. The van der Waals surface area contributed by atoms with Crippen LogP contribution in [0.2, 0.25) is 0 Å². The van der Waals surface area contributed by atoms with Gasteiger partial charge in [-0.1, -0.05) is 12.1 Å². The van der Waals surface area contributed by atoms with Gasteiger partial charge in [-0.2, -0.15) is 9.47 Å². The van der Waals surface area contributed by atoms with Crippen molar-refractivity contribution in [2.75, 3.05) is 5.73 Å². The maximum atomic E-state index is 12.0. The third-order valence-corrected chi connectivity index (χ3v) is 4.15. The topological polar surface area (TPSA) is 80.4 Å². The van der Waals surface area contributed by atoms with E-state index < -0.39 is 0 Å². The Hall–Kier alpha value is -1.73. The van der Waals surface area contributed by atoms with Gasteiger partial charge in [-0.15, -0.1) is 0 Å². The summed E-state index contributed by atoms with van der Waals surface area (Å²) in [7, 11) is 0. The van der Waals surface area contributed by atoms with Crippen LogP contribution in [0.15, 0.2) is 33.8 Å². The number of aryl methyl sites for hydroxylation is 1. The third-order valence-electron chi connectivity index (χ3n) is 2.69. The zero-order valence-electron chi connectivity index (χ0n) is 11.0. The van der Waals surface area contributed by atoms with Crippen LogP contribution in [-0.2, 0) is 0 Å². The van der Waals surface area contributed by atoms with Crippen LogP contribution in [0, 0.1) is 6.92 Å². The van der Waals surface area contributed by atoms with Gasteiger partial charge in [0.2, 0.25) is 0 Å². The smallest absolute Gasteiger partial charge is 0.272 e. The minimum absolute atomic E-state index is 0.281. The summed E-state index contributed by atoms with van der Waals surface area (Å²) in [5, 5.41) is 4.68. The van der Waals surface area contributed by atoms with Crippen molar-refractivity contribution in [3.63, 3.8) is 0 Å². The van der Waals surface area contributed by atoms with E-state index in [9.17, 15) is 4.79 Å². The van der Waals surface area contributed by atoms with Crippen molar-refractivity contribution in [1.82, 2.24) is 9.80 Å². The largest absolute Gasteiger partial charge is 0.389 e. The van der Waals surface area contributed by atoms with Gasteiger partial charge in [0.1, 0.15) is 5.00 Å². The van der Waals surface area contributed by atoms with Crippen molar-refractivity contribution in [3.05, 3.63) is 45.6 Å². The van der Waals surface area contributed by atoms with Crippen LogP contribution >= 0.6 is 27.5 Å². The lowest BCUT2D eigenvalue weighted by Crippen LogP contribution is -2.20. The van der Waals surface area contributed by atoms with E-state index in [4.69, 9.17) is 5.73 Å². The number of nitrogens with two attached hydrogens (primary N) is 1. The Kier molecular flexibility index (Phi) is 4.51. The van der Waals surface area contributed by atoms with Crippen LogP contribution < -0.4 is 11.2 Å². The summed E-state index contributed by atoms with van der Waals surface area (Å²) >= 11 is 4.55. The molecule has 5 nitrogen and oxygen atoms in total. The molecule has 1 aromatic heterocycles. The molecule has 1 aromatic carbocycles. The van der Waals surface area contributed by atoms with Crippen LogP contribution in [0.5, 0.6) is 0 Å². The summed E-state index contributed by atoms with van der Waals surface area (Å²) in [5.74, 6) is -0.281. The van der Waals surface area contributed by atoms with Crippen molar-refractivity contribution < 1.29 is 4.79 Å². The number of hydrogen-bond acceptors (Lipinski definition) is 5. The average molecular weight is 353 g/mol. The van der Waals surface area contributed by atoms with Crippen molar-refractivity contribution in [2.45, 2.75) is 13.8 Å². The first kappa shape index (κ1) is 14.7. The molecule has 0 fully saturated rings. The Morgan fingerprint density at radius 1 is 1.45 bits per heavy atom. The van der Waals surface area contributed by atoms with Gasteiger partial charge in [-0.25, -0.2) is 5.43 Å². The molecule has 2 aromatic rings. The molecule has 0 radical (unpaired) electrons. The fourth-order valence-electron chi connectivity index (χ4n) is 1.72. The molecule has 3 N–H and O–H groups in total. The summed E-state index contributed by atoms with van der Waals surface area (Å²) in [5.41, 5.74) is 11.1. The number of carbonyl (C=O) groups is 1. The van der Waals surface area contributed by atoms with Crippen LogP contribution in [0.4, 0.5) is 5.00 Å². The highest BCUT2D eigenvalue weighted by atomic mass is 79.9. The summed E-state index contributed by atoms with van der Waals surface area (Å²) in [6, 6.07) is 7.16. The van der Waals surface area contributed by atoms with E-state index in [1.54, 1.807) is 25.1 Å². The van der Waals surface area contributed by atoms with Gasteiger partial charge < -0.3 is 5.73 Å². The van der Waals surface area contributed by atoms with Gasteiger partial charge in [-0.3, -0.25) is 4.79 Å². The fraction of sp³-hybridized carbons (Fsp3) is 0.154. The predicted molar refractivity (Wildman–Crippen MR) is 85.1 cm³/mol. The summed E-state index contributed by atoms with van der Waals surface area (Å²) in [6.07, 6.45) is 0. The molecule has 0 aliphatic heterocycles. The monoisotopic (exact) mass is 352 g/mol. The standard InChI is InChI=1S/C13H13BrN4OS/c1-7(11-8(2)18-20-12(11)15)16-17-13(19)9-5-3-4-6-10(9)14/h3-6H,15H2,1-2H3,(H,17,19)/b16-7-. The number of benzene rings is 1. The predicted octanol–water partition coefficient (Wildman–Crippen LogP) is 2.95. The maximum absolute atomic E-state index is 12.0. The minimum Gasteiger partial charge on any atom is -0.389 e. The number of nitrogens with one attached hydrogen (secondary N) is 1. The molecular weight excluding hydrogens is 340 g/mol. The van der Waals surface area contributed by atoms with Gasteiger partial charge in [0.05, 0.1) is 22.5 Å². The second kappa shape index (κ2) is 6.15. The van der Waals surface area contributed by atoms with Gasteiger partial charge in [0.15, 0.2) is 0 Å². The van der Waals surface area contributed by atoms with Crippen molar-refractivity contribution in [3.8, 4) is 0 Å². The molecule has 0 saturated carbocycles. The molecule has 0 bridgehead atoms. The molecule has 1 heterocycles. The van der Waals surface area contributed by atoms with Crippen LogP contribution in [0.1, 0.15) is 28.5 Å². The molecule has 7 heteroatoms. The molecule has 0 saturated heterocycles. The van der Waals surface area contributed by atoms with E-state index in [-0.39, 0.29) is 5.91 Å². The van der Waals surface area contributed by atoms with Gasteiger partial charge >= 0.3 is 0 Å². The number of nitrogens with zero attached hydrogens (tertiary/aromatic N) is 2. The second-order valence-corrected chi connectivity index (χ2v) is 5.78. The molecule has 0 spiro atoms. The van der Waals surface area contributed by atoms with E-state index >= 15 is 0 Å². The van der Waals surface area contributed by atoms with Crippen LogP contribution in [0.3, 0.4) is 0 Å².